The van der Waals surface area contributed by atoms with Crippen molar-refractivity contribution < 1.29 is 36.2 Å². The van der Waals surface area contributed by atoms with E-state index in [0.29, 0.717) is 30.9 Å². The van der Waals surface area contributed by atoms with Crippen molar-refractivity contribution in [2.75, 3.05) is 11.5 Å². The second-order valence-electron chi connectivity index (χ2n) is 9.64. The van der Waals surface area contributed by atoms with Gasteiger partial charge in [0.15, 0.2) is 17.8 Å². The van der Waals surface area contributed by atoms with Gasteiger partial charge in [0, 0.05) is 48.4 Å². The van der Waals surface area contributed by atoms with E-state index in [2.05, 4.69) is 9.72 Å². The van der Waals surface area contributed by atoms with Gasteiger partial charge in [0.05, 0.1) is 23.1 Å². The fraction of sp³-hybridized carbons (Fsp3) is 0.194. The first-order chi connectivity index (χ1) is 21.2. The highest BCUT2D eigenvalue weighted by Gasteiger charge is 2.23. The maximum Gasteiger partial charge on any atom is 0.387 e. The summed E-state index contributed by atoms with van der Waals surface area (Å²) in [6.45, 7) is -2.26. The van der Waals surface area contributed by atoms with E-state index in [4.69, 9.17) is 14.7 Å². The van der Waals surface area contributed by atoms with Crippen molar-refractivity contribution in [2.45, 2.75) is 37.2 Å². The number of anilines is 2. The number of benzene rings is 3. The second-order valence-corrected chi connectivity index (χ2v) is 11.3. The van der Waals surface area contributed by atoms with Gasteiger partial charge in [-0.05, 0) is 72.6 Å². The minimum absolute atomic E-state index is 0.0678. The van der Waals surface area contributed by atoms with Gasteiger partial charge in [0.2, 0.25) is 0 Å². The number of sulfonamides is 1. The molecule has 1 aromatic heterocycles. The summed E-state index contributed by atoms with van der Waals surface area (Å²) in [6, 6.07) is 21.5. The van der Waals surface area contributed by atoms with E-state index in [1.807, 2.05) is 21.8 Å². The molecular weight excluding hydrogens is 594 g/mol. The Hall–Kier alpha value is -5.06. The van der Waals surface area contributed by atoms with Crippen molar-refractivity contribution in [1.29, 1.82) is 5.26 Å². The summed E-state index contributed by atoms with van der Waals surface area (Å²) < 4.78 is 70.0. The van der Waals surface area contributed by atoms with Crippen molar-refractivity contribution in [3.63, 3.8) is 0 Å². The molecule has 0 aliphatic carbocycles. The number of nitriles is 1. The molecule has 4 aromatic rings. The summed E-state index contributed by atoms with van der Waals surface area (Å²) in [7, 11) is -4.24. The van der Waals surface area contributed by atoms with Crippen LogP contribution in [0.1, 0.15) is 34.3 Å². The van der Waals surface area contributed by atoms with Crippen LogP contribution in [0.5, 0.6) is 11.5 Å². The van der Waals surface area contributed by atoms with Crippen molar-refractivity contribution in [3.8, 4) is 17.6 Å². The number of ether oxygens (including phenoxy) is 3. The highest BCUT2D eigenvalue weighted by atomic mass is 32.2. The van der Waals surface area contributed by atoms with Crippen molar-refractivity contribution in [2.24, 2.45) is 0 Å². The van der Waals surface area contributed by atoms with Crippen LogP contribution in [0.25, 0.3) is 0 Å². The van der Waals surface area contributed by atoms with Gasteiger partial charge in [-0.3, -0.25) is 9.78 Å². The Morgan fingerprint density at radius 1 is 1.07 bits per heavy atom. The number of carbonyl (C=O) groups excluding carboxylic acids is 1. The lowest BCUT2D eigenvalue weighted by Gasteiger charge is -2.27. The molecule has 1 fully saturated rings. The minimum atomic E-state index is -4.24. The van der Waals surface area contributed by atoms with Gasteiger partial charge in [0.25, 0.3) is 15.9 Å². The van der Waals surface area contributed by atoms with Gasteiger partial charge in [-0.15, -0.1) is 0 Å². The molecule has 1 amide bonds. The van der Waals surface area contributed by atoms with Crippen LogP contribution < -0.4 is 19.1 Å². The summed E-state index contributed by atoms with van der Waals surface area (Å²) in [6.07, 6.45) is 4.08. The zero-order chi connectivity index (χ0) is 31.1. The number of aromatic nitrogens is 1. The standard InChI is InChI=1S/C31H26F2N4O6S/c32-31(33)43-27-13-12-25(17-28(27)42-29-7-3-15-41-29)37(20-22-5-2-14-35-19-22)24-10-8-23(9-11-24)30(38)36-44(39,40)26-6-1-4-21(16-26)18-34/h1-2,4-6,8-14,16-17,19,29,31H,3,7,15,20H2,(H,36,38). The molecular formula is C31H26F2N4O6S. The molecule has 226 valence electrons. The third kappa shape index (κ3) is 7.47. The van der Waals surface area contributed by atoms with Crippen LogP contribution in [0, 0.1) is 11.3 Å². The van der Waals surface area contributed by atoms with Gasteiger partial charge in [0.1, 0.15) is 0 Å². The van der Waals surface area contributed by atoms with Crippen LogP contribution >= 0.6 is 0 Å². The summed E-state index contributed by atoms with van der Waals surface area (Å²) in [5.74, 6) is -0.930. The Morgan fingerprint density at radius 2 is 1.86 bits per heavy atom. The maximum atomic E-state index is 13.2. The average molecular weight is 621 g/mol. The zero-order valence-corrected chi connectivity index (χ0v) is 23.9. The molecule has 0 saturated carbocycles. The van der Waals surface area contributed by atoms with Gasteiger partial charge < -0.3 is 19.1 Å². The quantitative estimate of drug-likeness (QED) is 0.230. The highest BCUT2D eigenvalue weighted by molar-refractivity contribution is 7.90. The van der Waals surface area contributed by atoms with Crippen molar-refractivity contribution in [1.82, 2.24) is 9.71 Å². The van der Waals surface area contributed by atoms with Gasteiger partial charge in [-0.2, -0.15) is 14.0 Å². The number of halogens is 2. The third-order valence-electron chi connectivity index (χ3n) is 6.61. The summed E-state index contributed by atoms with van der Waals surface area (Å²) in [5.41, 5.74) is 2.19. The number of nitrogens with zero attached hydrogens (tertiary/aromatic N) is 3. The molecule has 1 N–H and O–H groups in total. The topological polar surface area (TPSA) is 131 Å². The first-order valence-corrected chi connectivity index (χ1v) is 14.9. The van der Waals surface area contributed by atoms with Crippen LogP contribution in [-0.2, 0) is 21.3 Å². The average Bonchev–Trinajstić information content (AvgIpc) is 3.54. The first-order valence-electron chi connectivity index (χ1n) is 13.4. The lowest BCUT2D eigenvalue weighted by molar-refractivity contribution is -0.0632. The van der Waals surface area contributed by atoms with E-state index in [0.717, 1.165) is 12.0 Å². The number of alkyl halides is 2. The number of carbonyl (C=O) groups is 1. The Kier molecular flexibility index (Phi) is 9.32. The van der Waals surface area contributed by atoms with E-state index in [1.54, 1.807) is 42.7 Å². The number of amides is 1. The molecule has 1 aliphatic heterocycles. The number of hydrogen-bond donors (Lipinski definition) is 1. The number of rotatable bonds is 11. The SMILES string of the molecule is N#Cc1cccc(S(=O)(=O)NC(=O)c2ccc(N(Cc3cccnc3)c3ccc(OC(F)F)c(OC4CCCO4)c3)cc2)c1. The normalized spacial score (nSPS) is 14.5. The van der Waals surface area contributed by atoms with Gasteiger partial charge in [-0.25, -0.2) is 13.1 Å². The fourth-order valence-corrected chi connectivity index (χ4v) is 5.52. The van der Waals surface area contributed by atoms with Crippen molar-refractivity contribution >= 4 is 27.3 Å². The summed E-state index contributed by atoms with van der Waals surface area (Å²) >= 11 is 0. The zero-order valence-electron chi connectivity index (χ0n) is 23.1. The van der Waals surface area contributed by atoms with Gasteiger partial charge >= 0.3 is 6.61 Å². The Morgan fingerprint density at radius 3 is 2.55 bits per heavy atom. The molecule has 1 unspecified atom stereocenters. The molecule has 10 nitrogen and oxygen atoms in total. The van der Waals surface area contributed by atoms with Crippen LogP contribution in [-0.4, -0.2) is 38.8 Å². The van der Waals surface area contributed by atoms with Crippen LogP contribution in [0.3, 0.4) is 0 Å². The smallest absolute Gasteiger partial charge is 0.387 e. The number of pyridine rings is 1. The molecule has 5 rings (SSSR count). The highest BCUT2D eigenvalue weighted by Crippen LogP contribution is 2.38. The van der Waals surface area contributed by atoms with E-state index < -0.39 is 28.8 Å². The predicted octanol–water partition coefficient (Wildman–Crippen LogP) is 5.53. The maximum absolute atomic E-state index is 13.2. The molecule has 13 heteroatoms. The monoisotopic (exact) mass is 620 g/mol. The van der Waals surface area contributed by atoms with Crippen LogP contribution in [0.15, 0.2) is 96.2 Å². The van der Waals surface area contributed by atoms with Crippen molar-refractivity contribution in [3.05, 3.63) is 108 Å². The predicted molar refractivity (Wildman–Crippen MR) is 155 cm³/mol. The third-order valence-corrected chi connectivity index (χ3v) is 7.94. The molecule has 1 saturated heterocycles. The molecule has 2 heterocycles. The largest absolute Gasteiger partial charge is 0.461 e. The van der Waals surface area contributed by atoms with E-state index in [9.17, 15) is 22.0 Å². The lowest BCUT2D eigenvalue weighted by atomic mass is 10.1. The molecule has 1 atom stereocenters. The number of nitrogens with one attached hydrogen (secondary N) is 1. The molecule has 0 spiro atoms. The Balaban J connectivity index is 1.44. The van der Waals surface area contributed by atoms with E-state index in [-0.39, 0.29) is 27.5 Å². The van der Waals surface area contributed by atoms with Gasteiger partial charge in [-0.1, -0.05) is 12.1 Å². The fourth-order valence-electron chi connectivity index (χ4n) is 4.50. The Labute approximate surface area is 252 Å². The van der Waals surface area contributed by atoms with Crippen LogP contribution in [0.2, 0.25) is 0 Å². The van der Waals surface area contributed by atoms with Crippen LogP contribution in [0.4, 0.5) is 20.2 Å². The minimum Gasteiger partial charge on any atom is -0.461 e. The molecule has 44 heavy (non-hydrogen) atoms. The molecule has 0 radical (unpaired) electrons. The number of hydrogen-bond acceptors (Lipinski definition) is 9. The van der Waals surface area contributed by atoms with E-state index >= 15 is 0 Å². The van der Waals surface area contributed by atoms with E-state index in [1.165, 1.54) is 42.5 Å². The summed E-state index contributed by atoms with van der Waals surface area (Å²) in [4.78, 5) is 18.7. The molecule has 3 aromatic carbocycles. The summed E-state index contributed by atoms with van der Waals surface area (Å²) in [5, 5.41) is 9.07. The second kappa shape index (κ2) is 13.5. The first kappa shape index (κ1) is 30.4. The molecule has 0 bridgehead atoms. The lowest BCUT2D eigenvalue weighted by Crippen LogP contribution is -2.30. The molecule has 1 aliphatic rings. The Bertz CT molecular complexity index is 1760.